The van der Waals surface area contributed by atoms with Gasteiger partial charge in [-0.05, 0) is 50.5 Å². The SMILES string of the molecule is CC1CNC(C)(C2CC2)CN1CCc1cccs1. The molecule has 3 heteroatoms. The molecule has 1 N–H and O–H groups in total. The molecule has 0 bridgehead atoms. The predicted molar refractivity (Wildman–Crippen MR) is 78.2 cm³/mol. The topological polar surface area (TPSA) is 15.3 Å². The molecule has 0 radical (unpaired) electrons. The zero-order chi connectivity index (χ0) is 12.6. The summed E-state index contributed by atoms with van der Waals surface area (Å²) in [6, 6.07) is 5.10. The smallest absolute Gasteiger partial charge is 0.0309 e. The number of hydrogen-bond donors (Lipinski definition) is 1. The number of hydrogen-bond acceptors (Lipinski definition) is 3. The van der Waals surface area contributed by atoms with Crippen LogP contribution in [0.2, 0.25) is 0 Å². The van der Waals surface area contributed by atoms with Gasteiger partial charge >= 0.3 is 0 Å². The van der Waals surface area contributed by atoms with Crippen LogP contribution in [0.3, 0.4) is 0 Å². The first-order valence-electron chi connectivity index (χ1n) is 7.19. The molecule has 2 aliphatic rings. The largest absolute Gasteiger partial charge is 0.308 e. The average molecular weight is 264 g/mol. The van der Waals surface area contributed by atoms with Crippen LogP contribution in [0, 0.1) is 5.92 Å². The first-order chi connectivity index (χ1) is 8.67. The third-order valence-corrected chi connectivity index (χ3v) is 5.60. The van der Waals surface area contributed by atoms with Crippen molar-refractivity contribution in [2.45, 2.75) is 44.7 Å². The zero-order valence-corrected chi connectivity index (χ0v) is 12.3. The summed E-state index contributed by atoms with van der Waals surface area (Å²) in [7, 11) is 0. The predicted octanol–water partition coefficient (Wildman–Crippen LogP) is 2.75. The Bertz CT molecular complexity index is 385. The summed E-state index contributed by atoms with van der Waals surface area (Å²) < 4.78 is 0. The van der Waals surface area contributed by atoms with Crippen LogP contribution in [0.5, 0.6) is 0 Å². The van der Waals surface area contributed by atoms with Gasteiger partial charge in [0.15, 0.2) is 0 Å². The molecule has 2 nitrogen and oxygen atoms in total. The van der Waals surface area contributed by atoms with E-state index < -0.39 is 0 Å². The van der Waals surface area contributed by atoms with Crippen LogP contribution in [0.15, 0.2) is 17.5 Å². The Hall–Kier alpha value is -0.380. The van der Waals surface area contributed by atoms with Crippen LogP contribution in [-0.2, 0) is 6.42 Å². The number of thiophene rings is 1. The van der Waals surface area contributed by atoms with Crippen LogP contribution in [-0.4, -0.2) is 36.1 Å². The van der Waals surface area contributed by atoms with Gasteiger partial charge in [-0.2, -0.15) is 0 Å². The lowest BCUT2D eigenvalue weighted by Gasteiger charge is -2.45. The van der Waals surface area contributed by atoms with Crippen molar-refractivity contribution in [3.63, 3.8) is 0 Å². The Kier molecular flexibility index (Phi) is 3.48. The standard InChI is InChI=1S/C15H24N2S/c1-12-10-16-15(2,13-5-6-13)11-17(12)8-7-14-4-3-9-18-14/h3-4,9,12-13,16H,5-8,10-11H2,1-2H3. The Morgan fingerprint density at radius 2 is 2.33 bits per heavy atom. The van der Waals surface area contributed by atoms with Gasteiger partial charge in [0.2, 0.25) is 0 Å². The number of nitrogens with zero attached hydrogens (tertiary/aromatic N) is 1. The average Bonchev–Trinajstić information content (AvgIpc) is 3.10. The lowest BCUT2D eigenvalue weighted by atomic mass is 9.91. The summed E-state index contributed by atoms with van der Waals surface area (Å²) in [6.07, 6.45) is 4.07. The maximum atomic E-state index is 3.79. The van der Waals surface area contributed by atoms with Crippen molar-refractivity contribution < 1.29 is 0 Å². The fourth-order valence-electron chi connectivity index (χ4n) is 3.15. The molecule has 2 heterocycles. The number of piperazine rings is 1. The molecule has 1 aromatic heterocycles. The second-order valence-corrected chi connectivity index (χ2v) is 7.25. The molecule has 1 aliphatic carbocycles. The van der Waals surface area contributed by atoms with Crippen molar-refractivity contribution in [2.24, 2.45) is 5.92 Å². The monoisotopic (exact) mass is 264 g/mol. The molecular formula is C15H24N2S. The summed E-state index contributed by atoms with van der Waals surface area (Å²) in [4.78, 5) is 4.21. The van der Waals surface area contributed by atoms with Gasteiger partial charge in [-0.3, -0.25) is 4.90 Å². The Balaban J connectivity index is 1.59. The molecule has 0 amide bonds. The summed E-state index contributed by atoms with van der Waals surface area (Å²) in [5, 5.41) is 5.98. The van der Waals surface area contributed by atoms with E-state index >= 15 is 0 Å². The minimum atomic E-state index is 0.377. The van der Waals surface area contributed by atoms with E-state index in [0.29, 0.717) is 11.6 Å². The van der Waals surface area contributed by atoms with E-state index in [4.69, 9.17) is 0 Å². The zero-order valence-electron chi connectivity index (χ0n) is 11.5. The van der Waals surface area contributed by atoms with Crippen LogP contribution in [0.4, 0.5) is 0 Å². The van der Waals surface area contributed by atoms with Crippen molar-refractivity contribution >= 4 is 11.3 Å². The highest BCUT2D eigenvalue weighted by Gasteiger charge is 2.45. The van der Waals surface area contributed by atoms with E-state index in [1.807, 2.05) is 11.3 Å². The molecule has 18 heavy (non-hydrogen) atoms. The number of nitrogens with one attached hydrogen (secondary N) is 1. The summed E-state index contributed by atoms with van der Waals surface area (Å²) in [6.45, 7) is 8.37. The van der Waals surface area contributed by atoms with Crippen LogP contribution >= 0.6 is 11.3 Å². The van der Waals surface area contributed by atoms with Gasteiger partial charge in [0, 0.05) is 36.1 Å². The van der Waals surface area contributed by atoms with Gasteiger partial charge in [-0.25, -0.2) is 0 Å². The quantitative estimate of drug-likeness (QED) is 0.899. The van der Waals surface area contributed by atoms with Crippen molar-refractivity contribution in [2.75, 3.05) is 19.6 Å². The van der Waals surface area contributed by atoms with Crippen LogP contribution < -0.4 is 5.32 Å². The Morgan fingerprint density at radius 3 is 3.00 bits per heavy atom. The Labute approximate surface area is 114 Å². The van der Waals surface area contributed by atoms with Crippen molar-refractivity contribution in [3.8, 4) is 0 Å². The normalized spacial score (nSPS) is 33.8. The van der Waals surface area contributed by atoms with Crippen LogP contribution in [0.1, 0.15) is 31.6 Å². The van der Waals surface area contributed by atoms with E-state index in [-0.39, 0.29) is 0 Å². The van der Waals surface area contributed by atoms with Gasteiger partial charge in [0.05, 0.1) is 0 Å². The third kappa shape index (κ3) is 2.63. The third-order valence-electron chi connectivity index (χ3n) is 4.66. The highest BCUT2D eigenvalue weighted by molar-refractivity contribution is 7.09. The lowest BCUT2D eigenvalue weighted by Crippen LogP contribution is -2.63. The molecule has 2 unspecified atom stereocenters. The summed E-state index contributed by atoms with van der Waals surface area (Å²) >= 11 is 1.89. The molecule has 2 fully saturated rings. The highest BCUT2D eigenvalue weighted by atomic mass is 32.1. The molecule has 1 aliphatic heterocycles. The molecule has 3 rings (SSSR count). The molecule has 1 aromatic rings. The summed E-state index contributed by atoms with van der Waals surface area (Å²) in [5.74, 6) is 0.925. The first kappa shape index (κ1) is 12.6. The minimum Gasteiger partial charge on any atom is -0.308 e. The second-order valence-electron chi connectivity index (χ2n) is 6.22. The molecular weight excluding hydrogens is 240 g/mol. The van der Waals surface area contributed by atoms with E-state index in [1.54, 1.807) is 0 Å². The van der Waals surface area contributed by atoms with Crippen molar-refractivity contribution in [3.05, 3.63) is 22.4 Å². The Morgan fingerprint density at radius 1 is 1.50 bits per heavy atom. The van der Waals surface area contributed by atoms with Gasteiger partial charge < -0.3 is 5.32 Å². The molecule has 100 valence electrons. The minimum absolute atomic E-state index is 0.377. The molecule has 1 saturated carbocycles. The second kappa shape index (κ2) is 4.95. The van der Waals surface area contributed by atoms with Crippen LogP contribution in [0.25, 0.3) is 0 Å². The molecule has 0 aromatic carbocycles. The first-order valence-corrected chi connectivity index (χ1v) is 8.07. The van der Waals surface area contributed by atoms with Crippen molar-refractivity contribution in [1.82, 2.24) is 10.2 Å². The maximum absolute atomic E-state index is 3.79. The van der Waals surface area contributed by atoms with E-state index in [2.05, 4.69) is 41.6 Å². The molecule has 0 spiro atoms. The van der Waals surface area contributed by atoms with Crippen molar-refractivity contribution in [1.29, 1.82) is 0 Å². The van der Waals surface area contributed by atoms with Gasteiger partial charge in [-0.1, -0.05) is 6.07 Å². The van der Waals surface area contributed by atoms with E-state index in [9.17, 15) is 0 Å². The summed E-state index contributed by atoms with van der Waals surface area (Å²) in [5.41, 5.74) is 0.377. The number of rotatable bonds is 4. The fraction of sp³-hybridized carbons (Fsp3) is 0.733. The van der Waals surface area contributed by atoms with E-state index in [1.165, 1.54) is 37.2 Å². The lowest BCUT2D eigenvalue weighted by molar-refractivity contribution is 0.0846. The van der Waals surface area contributed by atoms with E-state index in [0.717, 1.165) is 12.5 Å². The maximum Gasteiger partial charge on any atom is 0.0309 e. The fourth-order valence-corrected chi connectivity index (χ4v) is 3.84. The highest BCUT2D eigenvalue weighted by Crippen LogP contribution is 2.41. The molecule has 1 saturated heterocycles. The van der Waals surface area contributed by atoms with Gasteiger partial charge in [0.25, 0.3) is 0 Å². The molecule has 2 atom stereocenters. The van der Waals surface area contributed by atoms with Gasteiger partial charge in [-0.15, -0.1) is 11.3 Å². The van der Waals surface area contributed by atoms with Gasteiger partial charge in [0.1, 0.15) is 0 Å².